The second-order valence-corrected chi connectivity index (χ2v) is 10.8. The molecule has 2 saturated carbocycles. The van der Waals surface area contributed by atoms with E-state index in [1.807, 2.05) is 0 Å². The normalized spacial score (nSPS) is 24.8. The standard InChI is InChI=1S/C29H33F7O/c1-3-4-17-5-7-18(8-6-17)19-9-11-20(12-10-19)21-13-22(30)26(23(31)14-21)29(35,36)37-25-15-24(32)28(34)27(33)16(25)2/h13-15,17-20H,3-12H2,1-2H3. The van der Waals surface area contributed by atoms with E-state index < -0.39 is 52.1 Å². The summed E-state index contributed by atoms with van der Waals surface area (Å²) in [5.74, 6) is -7.41. The van der Waals surface area contributed by atoms with Crippen molar-refractivity contribution in [1.29, 1.82) is 0 Å². The van der Waals surface area contributed by atoms with Crippen LogP contribution in [0, 0.1) is 53.8 Å². The third-order valence-electron chi connectivity index (χ3n) is 8.45. The second kappa shape index (κ2) is 11.2. The average molecular weight is 531 g/mol. The Morgan fingerprint density at radius 2 is 1.30 bits per heavy atom. The Morgan fingerprint density at radius 3 is 1.84 bits per heavy atom. The second-order valence-electron chi connectivity index (χ2n) is 10.8. The van der Waals surface area contributed by atoms with Crippen molar-refractivity contribution in [1.82, 2.24) is 0 Å². The molecule has 0 radical (unpaired) electrons. The first kappa shape index (κ1) is 27.8. The highest BCUT2D eigenvalue weighted by molar-refractivity contribution is 5.37. The van der Waals surface area contributed by atoms with Gasteiger partial charge in [-0.1, -0.05) is 32.6 Å². The fraction of sp³-hybridized carbons (Fsp3) is 0.586. The SMILES string of the molecule is CCCC1CCC(C2CCC(c3cc(F)c(C(F)(F)Oc4cc(F)c(F)c(F)c4C)c(F)c3)CC2)CC1. The summed E-state index contributed by atoms with van der Waals surface area (Å²) in [6.45, 7) is 3.11. The van der Waals surface area contributed by atoms with Gasteiger partial charge in [-0.25, -0.2) is 22.0 Å². The zero-order chi connectivity index (χ0) is 26.9. The maximum absolute atomic E-state index is 14.8. The van der Waals surface area contributed by atoms with Crippen molar-refractivity contribution in [3.05, 3.63) is 64.0 Å². The van der Waals surface area contributed by atoms with Crippen LogP contribution in [-0.4, -0.2) is 0 Å². The molecule has 0 aliphatic heterocycles. The van der Waals surface area contributed by atoms with Crippen LogP contribution in [-0.2, 0) is 6.11 Å². The van der Waals surface area contributed by atoms with E-state index in [-0.39, 0.29) is 12.0 Å². The van der Waals surface area contributed by atoms with Gasteiger partial charge in [-0.3, -0.25) is 0 Å². The third-order valence-corrected chi connectivity index (χ3v) is 8.45. The molecule has 2 aliphatic rings. The molecule has 0 aromatic heterocycles. The largest absolute Gasteiger partial charge is 0.432 e. The Hall–Kier alpha value is -2.25. The van der Waals surface area contributed by atoms with Crippen LogP contribution in [0.15, 0.2) is 18.2 Å². The van der Waals surface area contributed by atoms with Crippen LogP contribution in [0.25, 0.3) is 0 Å². The lowest BCUT2D eigenvalue weighted by atomic mass is 9.68. The Bertz CT molecular complexity index is 1080. The molecule has 8 heteroatoms. The summed E-state index contributed by atoms with van der Waals surface area (Å²) >= 11 is 0. The van der Waals surface area contributed by atoms with E-state index in [1.165, 1.54) is 38.5 Å². The number of benzene rings is 2. The Labute approximate surface area is 213 Å². The van der Waals surface area contributed by atoms with Crippen molar-refractivity contribution in [2.75, 3.05) is 0 Å². The van der Waals surface area contributed by atoms with Gasteiger partial charge in [0.25, 0.3) is 0 Å². The van der Waals surface area contributed by atoms with Crippen LogP contribution in [0.1, 0.15) is 93.7 Å². The molecule has 0 heterocycles. The van der Waals surface area contributed by atoms with Gasteiger partial charge >= 0.3 is 6.11 Å². The molecule has 2 aromatic carbocycles. The summed E-state index contributed by atoms with van der Waals surface area (Å²) < 4.78 is 104. The molecule has 2 fully saturated rings. The molecule has 0 bridgehead atoms. The highest BCUT2D eigenvalue weighted by atomic mass is 19.3. The molecule has 0 atom stereocenters. The molecule has 204 valence electrons. The molecule has 0 unspecified atom stereocenters. The van der Waals surface area contributed by atoms with E-state index in [2.05, 4.69) is 11.7 Å². The predicted octanol–water partition coefficient (Wildman–Crippen LogP) is 9.70. The first-order chi connectivity index (χ1) is 17.5. The maximum Gasteiger partial charge on any atom is 0.432 e. The molecule has 0 spiro atoms. The zero-order valence-corrected chi connectivity index (χ0v) is 21.2. The number of halogens is 7. The number of hydrogen-bond acceptors (Lipinski definition) is 1. The van der Waals surface area contributed by atoms with Crippen LogP contribution in [0.3, 0.4) is 0 Å². The minimum absolute atomic E-state index is 0.136. The van der Waals surface area contributed by atoms with Gasteiger partial charge in [-0.2, -0.15) is 8.78 Å². The zero-order valence-electron chi connectivity index (χ0n) is 21.2. The Morgan fingerprint density at radius 1 is 0.757 bits per heavy atom. The molecular weight excluding hydrogens is 497 g/mol. The summed E-state index contributed by atoms with van der Waals surface area (Å²) in [6.07, 6.45) is 6.27. The first-order valence-electron chi connectivity index (χ1n) is 13.2. The number of rotatable bonds is 7. The molecule has 37 heavy (non-hydrogen) atoms. The van der Waals surface area contributed by atoms with Crippen LogP contribution in [0.2, 0.25) is 0 Å². The maximum atomic E-state index is 14.8. The van der Waals surface area contributed by atoms with E-state index in [0.29, 0.717) is 17.4 Å². The predicted molar refractivity (Wildman–Crippen MR) is 127 cm³/mol. The number of ether oxygens (including phenoxy) is 1. The summed E-state index contributed by atoms with van der Waals surface area (Å²) in [4.78, 5) is 0. The molecule has 0 amide bonds. The summed E-state index contributed by atoms with van der Waals surface area (Å²) in [6, 6.07) is 2.02. The third kappa shape index (κ3) is 5.93. The van der Waals surface area contributed by atoms with Gasteiger partial charge in [0.15, 0.2) is 17.5 Å². The van der Waals surface area contributed by atoms with Gasteiger partial charge in [-0.05, 0) is 86.8 Å². The summed E-state index contributed by atoms with van der Waals surface area (Å²) in [7, 11) is 0. The lowest BCUT2D eigenvalue weighted by molar-refractivity contribution is -0.190. The lowest BCUT2D eigenvalue weighted by Gasteiger charge is -2.38. The molecule has 2 aromatic rings. The van der Waals surface area contributed by atoms with Gasteiger partial charge in [-0.15, -0.1) is 0 Å². The van der Waals surface area contributed by atoms with Crippen molar-refractivity contribution < 1.29 is 35.5 Å². The Kier molecular flexibility index (Phi) is 8.44. The number of hydrogen-bond donors (Lipinski definition) is 0. The van der Waals surface area contributed by atoms with E-state index in [0.717, 1.165) is 50.7 Å². The van der Waals surface area contributed by atoms with Gasteiger partial charge < -0.3 is 4.74 Å². The van der Waals surface area contributed by atoms with Crippen molar-refractivity contribution in [3.8, 4) is 5.75 Å². The minimum atomic E-state index is -4.58. The van der Waals surface area contributed by atoms with Gasteiger partial charge in [0.2, 0.25) is 0 Å². The van der Waals surface area contributed by atoms with E-state index in [1.54, 1.807) is 0 Å². The molecule has 0 N–H and O–H groups in total. The highest BCUT2D eigenvalue weighted by Gasteiger charge is 2.42. The van der Waals surface area contributed by atoms with Crippen LogP contribution in [0.5, 0.6) is 5.75 Å². The summed E-state index contributed by atoms with van der Waals surface area (Å²) in [5.41, 5.74) is -2.08. The number of alkyl halides is 2. The van der Waals surface area contributed by atoms with Gasteiger partial charge in [0.1, 0.15) is 22.9 Å². The van der Waals surface area contributed by atoms with Crippen LogP contribution in [0.4, 0.5) is 30.7 Å². The first-order valence-corrected chi connectivity index (χ1v) is 13.2. The average Bonchev–Trinajstić information content (AvgIpc) is 2.86. The Balaban J connectivity index is 1.44. The lowest BCUT2D eigenvalue weighted by Crippen LogP contribution is -2.27. The fourth-order valence-corrected chi connectivity index (χ4v) is 6.35. The van der Waals surface area contributed by atoms with Gasteiger partial charge in [0, 0.05) is 11.6 Å². The van der Waals surface area contributed by atoms with Crippen LogP contribution < -0.4 is 4.74 Å². The summed E-state index contributed by atoms with van der Waals surface area (Å²) in [5, 5.41) is 0. The van der Waals surface area contributed by atoms with E-state index in [9.17, 15) is 30.7 Å². The molecular formula is C29H33F7O. The molecule has 0 saturated heterocycles. The van der Waals surface area contributed by atoms with Gasteiger partial charge in [0.05, 0.1) is 0 Å². The van der Waals surface area contributed by atoms with Crippen molar-refractivity contribution in [2.45, 2.75) is 90.1 Å². The monoisotopic (exact) mass is 530 g/mol. The molecule has 2 aliphatic carbocycles. The topological polar surface area (TPSA) is 9.23 Å². The smallest absolute Gasteiger partial charge is 0.428 e. The fourth-order valence-electron chi connectivity index (χ4n) is 6.35. The van der Waals surface area contributed by atoms with E-state index >= 15 is 0 Å². The van der Waals surface area contributed by atoms with E-state index in [4.69, 9.17) is 0 Å². The molecule has 1 nitrogen and oxygen atoms in total. The van der Waals surface area contributed by atoms with Crippen LogP contribution >= 0.6 is 0 Å². The highest BCUT2D eigenvalue weighted by Crippen LogP contribution is 2.45. The minimum Gasteiger partial charge on any atom is -0.428 e. The van der Waals surface area contributed by atoms with Crippen molar-refractivity contribution in [3.63, 3.8) is 0 Å². The van der Waals surface area contributed by atoms with Crippen molar-refractivity contribution in [2.24, 2.45) is 17.8 Å². The quantitative estimate of drug-likeness (QED) is 0.256. The van der Waals surface area contributed by atoms with Crippen molar-refractivity contribution >= 4 is 0 Å². The molecule has 4 rings (SSSR count).